The highest BCUT2D eigenvalue weighted by atomic mass is 16.3. The smallest absolute Gasteiger partial charge is 0.143 e. The van der Waals surface area contributed by atoms with Crippen LogP contribution >= 0.6 is 0 Å². The van der Waals surface area contributed by atoms with Crippen LogP contribution in [-0.2, 0) is 0 Å². The van der Waals surface area contributed by atoms with E-state index in [2.05, 4.69) is 205 Å². The van der Waals surface area contributed by atoms with Crippen LogP contribution in [-0.4, -0.2) is 0 Å². The molecule has 3 nitrogen and oxygen atoms in total. The first-order valence-corrected chi connectivity index (χ1v) is 20.7. The van der Waals surface area contributed by atoms with Crippen LogP contribution in [0.25, 0.3) is 99.2 Å². The van der Waals surface area contributed by atoms with Crippen molar-refractivity contribution in [3.05, 3.63) is 224 Å². The van der Waals surface area contributed by atoms with Crippen molar-refractivity contribution in [3.8, 4) is 44.5 Å². The topological polar surface area (TPSA) is 29.5 Å². The van der Waals surface area contributed by atoms with Gasteiger partial charge in [-0.25, -0.2) is 0 Å². The molecule has 0 unspecified atom stereocenters. The second-order valence-corrected chi connectivity index (χ2v) is 15.7. The van der Waals surface area contributed by atoms with Crippen LogP contribution in [0.3, 0.4) is 0 Å². The van der Waals surface area contributed by atoms with Crippen LogP contribution in [0.15, 0.2) is 233 Å². The lowest BCUT2D eigenvalue weighted by molar-refractivity contribution is 0.669. The Morgan fingerprint density at radius 3 is 1.44 bits per heavy atom. The first-order chi connectivity index (χ1) is 30.2. The highest BCUT2D eigenvalue weighted by Crippen LogP contribution is 2.41. The van der Waals surface area contributed by atoms with Gasteiger partial charge in [0.25, 0.3) is 0 Å². The summed E-state index contributed by atoms with van der Waals surface area (Å²) in [6, 6.07) is 80.0. The lowest BCUT2D eigenvalue weighted by Crippen LogP contribution is -2.09. The van der Waals surface area contributed by atoms with Crippen molar-refractivity contribution in [2.75, 3.05) is 4.90 Å². The number of benzene rings is 10. The second kappa shape index (κ2) is 14.3. The van der Waals surface area contributed by atoms with Gasteiger partial charge in [0, 0.05) is 44.2 Å². The van der Waals surface area contributed by atoms with E-state index in [1.807, 2.05) is 24.3 Å². The molecule has 0 aliphatic heterocycles. The molecule has 0 saturated heterocycles. The van der Waals surface area contributed by atoms with Gasteiger partial charge >= 0.3 is 0 Å². The minimum Gasteiger partial charge on any atom is -0.456 e. The van der Waals surface area contributed by atoms with Gasteiger partial charge in [-0.3, -0.25) is 0 Å². The summed E-state index contributed by atoms with van der Waals surface area (Å²) < 4.78 is 12.7. The van der Waals surface area contributed by atoms with Crippen molar-refractivity contribution in [1.29, 1.82) is 0 Å². The molecule has 12 rings (SSSR count). The fourth-order valence-corrected chi connectivity index (χ4v) is 8.97. The minimum atomic E-state index is 0.894. The molecule has 0 N–H and O–H groups in total. The van der Waals surface area contributed by atoms with E-state index in [0.717, 1.165) is 88.8 Å². The zero-order chi connectivity index (χ0) is 40.3. The SMILES string of the molecule is c1cc(-c2ccc(N(c3ccc(-c4ccc5c(c4)oc4ccccc45)cc3)c3ccc(-c4cccc5c4oc4ccccc45)cc3)cc2)cc(-c2ccc3ccccc3c2)c1. The Morgan fingerprint density at radius 1 is 0.262 bits per heavy atom. The van der Waals surface area contributed by atoms with E-state index < -0.39 is 0 Å². The van der Waals surface area contributed by atoms with E-state index >= 15 is 0 Å². The van der Waals surface area contributed by atoms with Gasteiger partial charge in [-0.2, -0.15) is 0 Å². The Bertz CT molecular complexity index is 3580. The van der Waals surface area contributed by atoms with Gasteiger partial charge in [0.1, 0.15) is 22.3 Å². The summed E-state index contributed by atoms with van der Waals surface area (Å²) in [5.74, 6) is 0. The van der Waals surface area contributed by atoms with Gasteiger partial charge in [-0.1, -0.05) is 152 Å². The van der Waals surface area contributed by atoms with Crippen LogP contribution in [0.4, 0.5) is 17.1 Å². The molecule has 0 bridgehead atoms. The van der Waals surface area contributed by atoms with Crippen LogP contribution < -0.4 is 4.90 Å². The molecular weight excluding hydrogens is 743 g/mol. The Morgan fingerprint density at radius 2 is 0.738 bits per heavy atom. The first kappa shape index (κ1) is 34.9. The highest BCUT2D eigenvalue weighted by Gasteiger charge is 2.17. The number of furan rings is 2. The maximum absolute atomic E-state index is 6.42. The number of para-hydroxylation sites is 3. The number of hydrogen-bond donors (Lipinski definition) is 0. The monoisotopic (exact) mass is 779 g/mol. The standard InChI is InChI=1S/C58H37NO2/c1-2-10-42-36-45(20-19-38(42)9-1)44-12-7-11-43(35-44)39-21-28-47(29-22-39)59(48-30-23-40(24-31-48)46-27-34-53-51-13-3-5-17-55(51)60-57(53)37-46)49-32-25-41(26-33-49)50-15-8-16-54-52-14-4-6-18-56(52)61-58(50)54/h1-37H. The molecule has 286 valence electrons. The zero-order valence-electron chi connectivity index (χ0n) is 33.1. The summed E-state index contributed by atoms with van der Waals surface area (Å²) >= 11 is 0. The number of hydrogen-bond acceptors (Lipinski definition) is 3. The van der Waals surface area contributed by atoms with Crippen molar-refractivity contribution in [1.82, 2.24) is 0 Å². The zero-order valence-corrected chi connectivity index (χ0v) is 33.1. The predicted octanol–water partition coefficient (Wildman–Crippen LogP) is 16.8. The normalized spacial score (nSPS) is 11.6. The summed E-state index contributed by atoms with van der Waals surface area (Å²) in [5, 5.41) is 7.02. The largest absolute Gasteiger partial charge is 0.456 e. The molecule has 2 heterocycles. The van der Waals surface area contributed by atoms with E-state index in [-0.39, 0.29) is 0 Å². The summed E-state index contributed by atoms with van der Waals surface area (Å²) in [6.45, 7) is 0. The average Bonchev–Trinajstić information content (AvgIpc) is 3.91. The van der Waals surface area contributed by atoms with Gasteiger partial charge in [-0.15, -0.1) is 0 Å². The lowest BCUT2D eigenvalue weighted by Gasteiger charge is -2.26. The number of nitrogens with zero attached hydrogens (tertiary/aromatic N) is 1. The molecule has 0 fully saturated rings. The van der Waals surface area contributed by atoms with Gasteiger partial charge in [-0.05, 0) is 123 Å². The molecule has 12 aromatic rings. The van der Waals surface area contributed by atoms with Crippen molar-refractivity contribution < 1.29 is 8.83 Å². The van der Waals surface area contributed by atoms with Crippen molar-refractivity contribution >= 4 is 71.7 Å². The second-order valence-electron chi connectivity index (χ2n) is 15.7. The molecular formula is C58H37NO2. The molecule has 0 spiro atoms. The summed E-state index contributed by atoms with van der Waals surface area (Å²) in [6.07, 6.45) is 0. The number of rotatable bonds is 7. The molecule has 0 atom stereocenters. The lowest BCUT2D eigenvalue weighted by atomic mass is 9.97. The Hall–Kier alpha value is -8.14. The molecule has 2 aromatic heterocycles. The Kier molecular flexibility index (Phi) is 8.17. The molecule has 3 heteroatoms. The van der Waals surface area contributed by atoms with Crippen LogP contribution in [0.2, 0.25) is 0 Å². The summed E-state index contributed by atoms with van der Waals surface area (Å²) in [4.78, 5) is 2.33. The summed E-state index contributed by atoms with van der Waals surface area (Å²) in [7, 11) is 0. The van der Waals surface area contributed by atoms with Crippen LogP contribution in [0.5, 0.6) is 0 Å². The molecule has 0 amide bonds. The minimum absolute atomic E-state index is 0.894. The van der Waals surface area contributed by atoms with Crippen molar-refractivity contribution in [2.24, 2.45) is 0 Å². The van der Waals surface area contributed by atoms with E-state index in [1.54, 1.807) is 0 Å². The van der Waals surface area contributed by atoms with E-state index in [9.17, 15) is 0 Å². The van der Waals surface area contributed by atoms with Gasteiger partial charge in [0.15, 0.2) is 0 Å². The highest BCUT2D eigenvalue weighted by molar-refractivity contribution is 6.10. The summed E-state index contributed by atoms with van der Waals surface area (Å²) in [5.41, 5.74) is 16.0. The third-order valence-electron chi connectivity index (χ3n) is 12.1. The molecule has 0 aliphatic rings. The molecule has 0 aliphatic carbocycles. The number of anilines is 3. The van der Waals surface area contributed by atoms with Gasteiger partial charge < -0.3 is 13.7 Å². The first-order valence-electron chi connectivity index (χ1n) is 20.7. The Balaban J connectivity index is 0.910. The van der Waals surface area contributed by atoms with E-state index in [1.165, 1.54) is 27.5 Å². The van der Waals surface area contributed by atoms with Crippen molar-refractivity contribution in [3.63, 3.8) is 0 Å². The number of fused-ring (bicyclic) bond motifs is 7. The third kappa shape index (κ3) is 6.14. The molecule has 10 aromatic carbocycles. The fourth-order valence-electron chi connectivity index (χ4n) is 8.97. The molecule has 0 saturated carbocycles. The maximum Gasteiger partial charge on any atom is 0.143 e. The fraction of sp³-hybridized carbons (Fsp3) is 0. The third-order valence-corrected chi connectivity index (χ3v) is 12.1. The van der Waals surface area contributed by atoms with E-state index in [0.29, 0.717) is 0 Å². The maximum atomic E-state index is 6.42. The van der Waals surface area contributed by atoms with Gasteiger partial charge in [0.05, 0.1) is 0 Å². The van der Waals surface area contributed by atoms with Gasteiger partial charge in [0.2, 0.25) is 0 Å². The quantitative estimate of drug-likeness (QED) is 0.161. The van der Waals surface area contributed by atoms with Crippen LogP contribution in [0, 0.1) is 0 Å². The Labute approximate surface area is 353 Å². The molecule has 0 radical (unpaired) electrons. The van der Waals surface area contributed by atoms with Crippen molar-refractivity contribution in [2.45, 2.75) is 0 Å². The predicted molar refractivity (Wildman–Crippen MR) is 255 cm³/mol. The van der Waals surface area contributed by atoms with E-state index in [4.69, 9.17) is 8.83 Å². The van der Waals surface area contributed by atoms with Crippen LogP contribution in [0.1, 0.15) is 0 Å². The average molecular weight is 780 g/mol. The molecule has 61 heavy (non-hydrogen) atoms.